The second kappa shape index (κ2) is 9.15. The van der Waals surface area contributed by atoms with Gasteiger partial charge in [-0.1, -0.05) is 0 Å². The van der Waals surface area contributed by atoms with E-state index in [1.54, 1.807) is 6.92 Å². The molecule has 0 bridgehead atoms. The molecular formula is C18H27N3O4. The van der Waals surface area contributed by atoms with Gasteiger partial charge in [0.05, 0.1) is 32.4 Å². The Morgan fingerprint density at radius 1 is 1.20 bits per heavy atom. The normalized spacial score (nSPS) is 16.4. The molecule has 1 aliphatic heterocycles. The van der Waals surface area contributed by atoms with Crippen LogP contribution < -0.4 is 14.8 Å². The van der Waals surface area contributed by atoms with Crippen LogP contribution in [0.25, 0.3) is 0 Å². The molecule has 1 unspecified atom stereocenters. The van der Waals surface area contributed by atoms with Gasteiger partial charge in [-0.15, -0.1) is 0 Å². The highest BCUT2D eigenvalue weighted by molar-refractivity contribution is 5.95. The van der Waals surface area contributed by atoms with Crippen LogP contribution in [0.4, 0.5) is 4.79 Å². The summed E-state index contributed by atoms with van der Waals surface area (Å²) < 4.78 is 16.4. The Labute approximate surface area is 149 Å². The minimum atomic E-state index is -0.492. The summed E-state index contributed by atoms with van der Waals surface area (Å²) in [4.78, 5) is 18.2. The Kier molecular flexibility index (Phi) is 6.91. The van der Waals surface area contributed by atoms with E-state index in [0.29, 0.717) is 38.9 Å². The second-order valence-electron chi connectivity index (χ2n) is 5.38. The Morgan fingerprint density at radius 3 is 2.60 bits per heavy atom. The first-order valence-electron chi connectivity index (χ1n) is 8.78. The van der Waals surface area contributed by atoms with Crippen molar-refractivity contribution < 1.29 is 19.0 Å². The standard InChI is InChI=1S/C18H27N3O4/c1-5-21-15(12-19-17(21)20-18(22)25-8-4)14-11-13(23-6-2)9-10-16(14)24-7-3/h9-11,15H,5-8,12H2,1-4H3,(H,19,20,22). The molecule has 0 aliphatic carbocycles. The fraction of sp³-hybridized carbons (Fsp3) is 0.556. The van der Waals surface area contributed by atoms with Crippen LogP contribution in [0.5, 0.6) is 11.5 Å². The van der Waals surface area contributed by atoms with Crippen LogP contribution in [0.15, 0.2) is 23.2 Å². The average molecular weight is 349 g/mol. The maximum atomic E-state index is 11.7. The molecule has 0 saturated carbocycles. The second-order valence-corrected chi connectivity index (χ2v) is 5.38. The lowest BCUT2D eigenvalue weighted by atomic mass is 10.0. The van der Waals surface area contributed by atoms with Gasteiger partial charge in [0.25, 0.3) is 0 Å². The summed E-state index contributed by atoms with van der Waals surface area (Å²) in [5.74, 6) is 2.13. The molecule has 7 heteroatoms. The minimum absolute atomic E-state index is 0.0242. The fourth-order valence-corrected chi connectivity index (χ4v) is 2.85. The SMILES string of the molecule is CCOC(=O)NC1=NCC(c2cc(OCC)ccc2OCC)N1CC. The van der Waals surface area contributed by atoms with Crippen LogP contribution in [0.1, 0.15) is 39.3 Å². The van der Waals surface area contributed by atoms with E-state index in [0.717, 1.165) is 17.1 Å². The van der Waals surface area contributed by atoms with Gasteiger partial charge >= 0.3 is 6.09 Å². The van der Waals surface area contributed by atoms with Gasteiger partial charge in [-0.25, -0.2) is 4.79 Å². The molecule has 0 radical (unpaired) electrons. The highest BCUT2D eigenvalue weighted by Gasteiger charge is 2.31. The fourth-order valence-electron chi connectivity index (χ4n) is 2.85. The van der Waals surface area contributed by atoms with Gasteiger partial charge in [0.15, 0.2) is 0 Å². The number of alkyl carbamates (subject to hydrolysis) is 1. The van der Waals surface area contributed by atoms with Crippen molar-refractivity contribution in [3.8, 4) is 11.5 Å². The van der Waals surface area contributed by atoms with E-state index in [4.69, 9.17) is 14.2 Å². The molecule has 1 aromatic carbocycles. The number of hydrogen-bond acceptors (Lipinski definition) is 6. The number of hydrogen-bond donors (Lipinski definition) is 1. The van der Waals surface area contributed by atoms with Gasteiger partial charge in [0, 0.05) is 12.1 Å². The zero-order chi connectivity index (χ0) is 18.2. The van der Waals surface area contributed by atoms with Crippen molar-refractivity contribution in [2.75, 3.05) is 32.9 Å². The Bertz CT molecular complexity index is 618. The van der Waals surface area contributed by atoms with E-state index in [1.165, 1.54) is 0 Å². The molecule has 1 atom stereocenters. The van der Waals surface area contributed by atoms with E-state index in [2.05, 4.69) is 10.3 Å². The summed E-state index contributed by atoms with van der Waals surface area (Å²) in [6.07, 6.45) is -0.492. The topological polar surface area (TPSA) is 72.4 Å². The number of likely N-dealkylation sites (N-methyl/N-ethyl adjacent to an activating group) is 1. The van der Waals surface area contributed by atoms with Crippen molar-refractivity contribution in [2.45, 2.75) is 33.7 Å². The third kappa shape index (κ3) is 4.55. The number of amides is 1. The van der Waals surface area contributed by atoms with Crippen LogP contribution in [0.2, 0.25) is 0 Å². The minimum Gasteiger partial charge on any atom is -0.494 e. The molecule has 0 fully saturated rings. The smallest absolute Gasteiger partial charge is 0.413 e. The van der Waals surface area contributed by atoms with Crippen molar-refractivity contribution in [1.82, 2.24) is 10.2 Å². The molecular weight excluding hydrogens is 322 g/mol. The predicted molar refractivity (Wildman–Crippen MR) is 96.4 cm³/mol. The molecule has 1 amide bonds. The molecule has 2 rings (SSSR count). The van der Waals surface area contributed by atoms with Crippen LogP contribution in [-0.4, -0.2) is 49.9 Å². The molecule has 0 spiro atoms. The Balaban J connectivity index is 2.25. The van der Waals surface area contributed by atoms with Gasteiger partial charge < -0.3 is 19.1 Å². The lowest BCUT2D eigenvalue weighted by Gasteiger charge is -2.28. The van der Waals surface area contributed by atoms with Gasteiger partial charge in [-0.2, -0.15) is 0 Å². The molecule has 0 aromatic heterocycles. The van der Waals surface area contributed by atoms with Gasteiger partial charge in [0.2, 0.25) is 5.96 Å². The molecule has 1 aromatic rings. The lowest BCUT2D eigenvalue weighted by Crippen LogP contribution is -2.42. The summed E-state index contributed by atoms with van der Waals surface area (Å²) in [5.41, 5.74) is 0.999. The Hall–Kier alpha value is -2.44. The number of nitrogens with zero attached hydrogens (tertiary/aromatic N) is 2. The van der Waals surface area contributed by atoms with Crippen molar-refractivity contribution in [2.24, 2.45) is 4.99 Å². The first-order chi connectivity index (χ1) is 12.1. The Morgan fingerprint density at radius 2 is 1.96 bits per heavy atom. The largest absolute Gasteiger partial charge is 0.494 e. The van der Waals surface area contributed by atoms with Crippen molar-refractivity contribution >= 4 is 12.1 Å². The van der Waals surface area contributed by atoms with Crippen LogP contribution in [-0.2, 0) is 4.74 Å². The van der Waals surface area contributed by atoms with Crippen molar-refractivity contribution in [1.29, 1.82) is 0 Å². The monoisotopic (exact) mass is 349 g/mol. The number of nitrogens with one attached hydrogen (secondary N) is 1. The predicted octanol–water partition coefficient (Wildman–Crippen LogP) is 2.96. The van der Waals surface area contributed by atoms with E-state index in [9.17, 15) is 4.79 Å². The van der Waals surface area contributed by atoms with Crippen LogP contribution in [0.3, 0.4) is 0 Å². The van der Waals surface area contributed by atoms with Crippen LogP contribution in [0, 0.1) is 0 Å². The highest BCUT2D eigenvalue weighted by Crippen LogP contribution is 2.35. The number of carbonyl (C=O) groups excluding carboxylic acids is 1. The van der Waals surface area contributed by atoms with E-state index < -0.39 is 6.09 Å². The number of ether oxygens (including phenoxy) is 3. The maximum absolute atomic E-state index is 11.7. The highest BCUT2D eigenvalue weighted by atomic mass is 16.5. The van der Waals surface area contributed by atoms with E-state index in [1.807, 2.05) is 43.9 Å². The summed E-state index contributed by atoms with van der Waals surface area (Å²) in [6, 6.07) is 5.80. The molecule has 138 valence electrons. The number of rotatable bonds is 7. The van der Waals surface area contributed by atoms with Gasteiger partial charge in [-0.05, 0) is 45.9 Å². The molecule has 0 saturated heterocycles. The van der Waals surface area contributed by atoms with Gasteiger partial charge in [-0.3, -0.25) is 10.3 Å². The average Bonchev–Trinajstić information content (AvgIpc) is 2.99. The molecule has 7 nitrogen and oxygen atoms in total. The molecule has 25 heavy (non-hydrogen) atoms. The quantitative estimate of drug-likeness (QED) is 0.819. The summed E-state index contributed by atoms with van der Waals surface area (Å²) in [7, 11) is 0. The molecule has 1 N–H and O–H groups in total. The summed E-state index contributed by atoms with van der Waals surface area (Å²) >= 11 is 0. The zero-order valence-electron chi connectivity index (χ0n) is 15.4. The number of benzene rings is 1. The third-order valence-electron chi connectivity index (χ3n) is 3.84. The first kappa shape index (κ1) is 18.9. The van der Waals surface area contributed by atoms with Gasteiger partial charge in [0.1, 0.15) is 11.5 Å². The molecule has 1 heterocycles. The summed E-state index contributed by atoms with van der Waals surface area (Å²) in [6.45, 7) is 10.4. The zero-order valence-corrected chi connectivity index (χ0v) is 15.4. The number of aliphatic imine (C=N–C) groups is 1. The van der Waals surface area contributed by atoms with E-state index >= 15 is 0 Å². The third-order valence-corrected chi connectivity index (χ3v) is 3.84. The lowest BCUT2D eigenvalue weighted by molar-refractivity contribution is 0.156. The summed E-state index contributed by atoms with van der Waals surface area (Å²) in [5, 5.41) is 2.71. The molecule has 1 aliphatic rings. The number of carbonyl (C=O) groups is 1. The van der Waals surface area contributed by atoms with Crippen molar-refractivity contribution in [3.63, 3.8) is 0 Å². The van der Waals surface area contributed by atoms with Crippen molar-refractivity contribution in [3.05, 3.63) is 23.8 Å². The van der Waals surface area contributed by atoms with Crippen LogP contribution >= 0.6 is 0 Å². The maximum Gasteiger partial charge on any atom is 0.413 e. The number of guanidine groups is 1. The first-order valence-corrected chi connectivity index (χ1v) is 8.78. The van der Waals surface area contributed by atoms with E-state index in [-0.39, 0.29) is 6.04 Å².